The molecule has 0 saturated carbocycles. The molecule has 0 aliphatic carbocycles. The molecule has 14 heteroatoms. The number of hydrogen-bond donors (Lipinski definition) is 0. The first-order valence-corrected chi connectivity index (χ1v) is 12.7. The van der Waals surface area contributed by atoms with Crippen molar-refractivity contribution in [3.8, 4) is 0 Å². The van der Waals surface area contributed by atoms with Crippen LogP contribution in [0.1, 0.15) is 27.7 Å². The Morgan fingerprint density at radius 3 is 1.60 bits per heavy atom. The SMILES string of the molecule is CCN(CC)C(=O)[C@@H](C)OC(=O)/C=C/C(=O)OCCOCCN(CCOC)C(=O)[C@H](C)OC(=O)/C=C/C(=O)OC. The van der Waals surface area contributed by atoms with E-state index < -0.39 is 42.0 Å². The van der Waals surface area contributed by atoms with Crippen molar-refractivity contribution in [1.29, 1.82) is 0 Å². The molecule has 0 fully saturated rings. The molecule has 226 valence electrons. The molecule has 0 N–H and O–H groups in total. The van der Waals surface area contributed by atoms with Crippen LogP contribution in [-0.4, -0.2) is 125 Å². The first kappa shape index (κ1) is 36.2. The van der Waals surface area contributed by atoms with Gasteiger partial charge in [-0.2, -0.15) is 0 Å². The number of amides is 2. The van der Waals surface area contributed by atoms with E-state index in [1.165, 1.54) is 30.8 Å². The Balaban J connectivity index is 4.49. The summed E-state index contributed by atoms with van der Waals surface area (Å²) in [5, 5.41) is 0. The number of rotatable bonds is 19. The van der Waals surface area contributed by atoms with Crippen molar-refractivity contribution in [2.75, 3.05) is 66.8 Å². The van der Waals surface area contributed by atoms with Crippen LogP contribution in [0.2, 0.25) is 0 Å². The highest BCUT2D eigenvalue weighted by Gasteiger charge is 2.23. The molecule has 0 heterocycles. The largest absolute Gasteiger partial charge is 0.466 e. The van der Waals surface area contributed by atoms with Crippen molar-refractivity contribution in [3.05, 3.63) is 24.3 Å². The topological polar surface area (TPSA) is 164 Å². The number of nitrogens with zero attached hydrogens (tertiary/aromatic N) is 2. The lowest BCUT2D eigenvalue weighted by Gasteiger charge is -2.25. The van der Waals surface area contributed by atoms with Crippen LogP contribution in [0.25, 0.3) is 0 Å². The Morgan fingerprint density at radius 1 is 0.625 bits per heavy atom. The third-order valence-electron chi connectivity index (χ3n) is 5.12. The van der Waals surface area contributed by atoms with Crippen molar-refractivity contribution >= 4 is 35.7 Å². The molecule has 0 spiro atoms. The molecule has 0 bridgehead atoms. The molecule has 40 heavy (non-hydrogen) atoms. The number of likely N-dealkylation sites (N-methyl/N-ethyl adjacent to an activating group) is 1. The zero-order chi connectivity index (χ0) is 30.5. The van der Waals surface area contributed by atoms with Gasteiger partial charge in [-0.25, -0.2) is 19.2 Å². The highest BCUT2D eigenvalue weighted by Crippen LogP contribution is 2.03. The van der Waals surface area contributed by atoms with Gasteiger partial charge >= 0.3 is 23.9 Å². The van der Waals surface area contributed by atoms with Gasteiger partial charge in [0, 0.05) is 57.6 Å². The van der Waals surface area contributed by atoms with Gasteiger partial charge in [0.2, 0.25) is 0 Å². The van der Waals surface area contributed by atoms with Crippen LogP contribution >= 0.6 is 0 Å². The first-order chi connectivity index (χ1) is 19.0. The molecule has 0 aromatic rings. The maximum Gasteiger partial charge on any atom is 0.331 e. The van der Waals surface area contributed by atoms with Gasteiger partial charge < -0.3 is 38.2 Å². The molecule has 0 aromatic carbocycles. The van der Waals surface area contributed by atoms with Crippen LogP contribution in [0.5, 0.6) is 0 Å². The zero-order valence-corrected chi connectivity index (χ0v) is 23.9. The van der Waals surface area contributed by atoms with E-state index in [0.717, 1.165) is 31.4 Å². The molecule has 0 unspecified atom stereocenters. The fourth-order valence-corrected chi connectivity index (χ4v) is 2.98. The van der Waals surface area contributed by atoms with E-state index in [4.69, 9.17) is 23.7 Å². The Kier molecular flexibility index (Phi) is 19.1. The second-order valence-corrected chi connectivity index (χ2v) is 7.96. The highest BCUT2D eigenvalue weighted by atomic mass is 16.6. The predicted molar refractivity (Wildman–Crippen MR) is 140 cm³/mol. The van der Waals surface area contributed by atoms with E-state index in [-0.39, 0.29) is 45.4 Å². The number of esters is 4. The molecule has 0 saturated heterocycles. The normalized spacial score (nSPS) is 12.4. The lowest BCUT2D eigenvalue weighted by atomic mass is 10.3. The van der Waals surface area contributed by atoms with E-state index in [1.54, 1.807) is 0 Å². The maximum atomic E-state index is 12.7. The maximum absolute atomic E-state index is 12.7. The standard InChI is InChI=1S/C26H40N2O12/c1-7-27(8-2)25(33)19(3)39-24(32)12-10-22(30)38-18-17-37-16-14-28(13-15-35-5)26(34)20(4)40-23(31)11-9-21(29)36-6/h9-12,19-20H,7-8,13-18H2,1-6H3/b11-9+,12-10+/t19-,20+/m1/s1. The summed E-state index contributed by atoms with van der Waals surface area (Å²) in [6, 6.07) is 0. The Hall–Kier alpha value is -3.78. The minimum atomic E-state index is -1.13. The Bertz CT molecular complexity index is 898. The fourth-order valence-electron chi connectivity index (χ4n) is 2.98. The number of ether oxygens (including phenoxy) is 6. The summed E-state index contributed by atoms with van der Waals surface area (Å²) >= 11 is 0. The van der Waals surface area contributed by atoms with Gasteiger partial charge in [0.25, 0.3) is 11.8 Å². The van der Waals surface area contributed by atoms with Gasteiger partial charge in [-0.3, -0.25) is 9.59 Å². The second kappa shape index (κ2) is 21.1. The molecule has 2 atom stereocenters. The van der Waals surface area contributed by atoms with Crippen LogP contribution in [0.15, 0.2) is 24.3 Å². The third kappa shape index (κ3) is 15.6. The van der Waals surface area contributed by atoms with Crippen LogP contribution < -0.4 is 0 Å². The van der Waals surface area contributed by atoms with Crippen molar-refractivity contribution in [2.24, 2.45) is 0 Å². The smallest absolute Gasteiger partial charge is 0.331 e. The van der Waals surface area contributed by atoms with Crippen molar-refractivity contribution in [3.63, 3.8) is 0 Å². The molecule has 2 amide bonds. The van der Waals surface area contributed by atoms with Crippen LogP contribution in [0, 0.1) is 0 Å². The van der Waals surface area contributed by atoms with Gasteiger partial charge in [-0.15, -0.1) is 0 Å². The van der Waals surface area contributed by atoms with Crippen molar-refractivity contribution in [2.45, 2.75) is 39.9 Å². The summed E-state index contributed by atoms with van der Waals surface area (Å²) in [6.07, 6.45) is 1.35. The Morgan fingerprint density at radius 2 is 1.10 bits per heavy atom. The molecule has 0 aromatic heterocycles. The molecular weight excluding hydrogens is 532 g/mol. The highest BCUT2D eigenvalue weighted by molar-refractivity contribution is 5.94. The minimum Gasteiger partial charge on any atom is -0.466 e. The van der Waals surface area contributed by atoms with Crippen LogP contribution in [0.3, 0.4) is 0 Å². The summed E-state index contributed by atoms with van der Waals surface area (Å²) in [6.45, 7) is 7.94. The number of carbonyl (C=O) groups excluding carboxylic acids is 6. The van der Waals surface area contributed by atoms with E-state index >= 15 is 0 Å². The second-order valence-electron chi connectivity index (χ2n) is 7.96. The van der Waals surface area contributed by atoms with Crippen molar-refractivity contribution < 1.29 is 57.2 Å². The van der Waals surface area contributed by atoms with Gasteiger partial charge in [0.1, 0.15) is 6.61 Å². The van der Waals surface area contributed by atoms with Crippen LogP contribution in [-0.2, 0) is 57.2 Å². The van der Waals surface area contributed by atoms with Gasteiger partial charge in [0.15, 0.2) is 12.2 Å². The average molecular weight is 573 g/mol. The summed E-state index contributed by atoms with van der Waals surface area (Å²) in [4.78, 5) is 74.2. The molecule has 0 radical (unpaired) electrons. The van der Waals surface area contributed by atoms with Gasteiger partial charge in [0.05, 0.1) is 26.9 Å². The van der Waals surface area contributed by atoms with E-state index in [9.17, 15) is 28.8 Å². The summed E-state index contributed by atoms with van der Waals surface area (Å²) in [5.41, 5.74) is 0. The van der Waals surface area contributed by atoms with Crippen molar-refractivity contribution in [1.82, 2.24) is 9.80 Å². The lowest BCUT2D eigenvalue weighted by Crippen LogP contribution is -2.43. The monoisotopic (exact) mass is 572 g/mol. The number of carbonyl (C=O) groups is 6. The molecule has 0 aliphatic rings. The summed E-state index contributed by atoms with van der Waals surface area (Å²) in [5.74, 6) is -4.14. The van der Waals surface area contributed by atoms with E-state index in [0.29, 0.717) is 13.1 Å². The fraction of sp³-hybridized carbons (Fsp3) is 0.615. The van der Waals surface area contributed by atoms with E-state index in [2.05, 4.69) is 4.74 Å². The molecule has 0 aliphatic heterocycles. The zero-order valence-electron chi connectivity index (χ0n) is 23.9. The molecule has 14 nitrogen and oxygen atoms in total. The molecule has 0 rings (SSSR count). The Labute approximate surface area is 234 Å². The molecular formula is C26H40N2O12. The third-order valence-corrected chi connectivity index (χ3v) is 5.12. The lowest BCUT2D eigenvalue weighted by molar-refractivity contribution is -0.156. The summed E-state index contributed by atoms with van der Waals surface area (Å²) in [7, 11) is 2.62. The summed E-state index contributed by atoms with van der Waals surface area (Å²) < 4.78 is 29.7. The predicted octanol–water partition coefficient (Wildman–Crippen LogP) is 0.0384. The minimum absolute atomic E-state index is 0.00853. The van der Waals surface area contributed by atoms with Gasteiger partial charge in [-0.1, -0.05) is 0 Å². The average Bonchev–Trinajstić information content (AvgIpc) is 2.93. The quantitative estimate of drug-likeness (QED) is 0.0884. The van der Waals surface area contributed by atoms with Gasteiger partial charge in [-0.05, 0) is 27.7 Å². The number of methoxy groups -OCH3 is 2. The van der Waals surface area contributed by atoms with E-state index in [1.807, 2.05) is 13.8 Å². The number of hydrogen-bond acceptors (Lipinski definition) is 12. The van der Waals surface area contributed by atoms with Crippen LogP contribution in [0.4, 0.5) is 0 Å². The first-order valence-electron chi connectivity index (χ1n) is 12.7.